The first-order chi connectivity index (χ1) is 3.77. The van der Waals surface area contributed by atoms with Gasteiger partial charge in [0.15, 0.2) is 0 Å². The number of thioether (sulfide) groups is 1. The van der Waals surface area contributed by atoms with Crippen LogP contribution in [0.4, 0.5) is 0 Å². The average Bonchev–Trinajstić information content (AvgIpc) is 1.66. The molecule has 0 aromatic carbocycles. The monoisotopic (exact) mass is 135 g/mol. The van der Waals surface area contributed by atoms with Crippen molar-refractivity contribution in [3.8, 4) is 0 Å². The van der Waals surface area contributed by atoms with E-state index in [4.69, 9.17) is 0 Å². The van der Waals surface area contributed by atoms with Crippen LogP contribution in [-0.2, 0) is 0 Å². The molecule has 0 saturated heterocycles. The van der Waals surface area contributed by atoms with Gasteiger partial charge in [-0.05, 0) is 12.3 Å². The van der Waals surface area contributed by atoms with Crippen molar-refractivity contribution in [1.82, 2.24) is 5.32 Å². The maximum absolute atomic E-state index is 3.10. The van der Waals surface area contributed by atoms with Gasteiger partial charge in [0.25, 0.3) is 0 Å². The Labute approximate surface area is 57.7 Å². The van der Waals surface area contributed by atoms with Crippen LogP contribution in [0.5, 0.6) is 0 Å². The highest BCUT2D eigenvalue weighted by atomic mass is 32.2. The summed E-state index contributed by atoms with van der Waals surface area (Å²) in [5.41, 5.74) is 0. The van der Waals surface area contributed by atoms with Gasteiger partial charge in [-0.15, -0.1) is 0 Å². The first-order valence-corrected chi connectivity index (χ1v) is 4.08. The molecule has 2 heteroatoms. The van der Waals surface area contributed by atoms with Crippen molar-refractivity contribution in [1.29, 1.82) is 0 Å². The SMILES string of the molecule is CNCCSC(C)C.[HH]. The third-order valence-corrected chi connectivity index (χ3v) is 1.91. The molecule has 0 radical (unpaired) electrons. The molecule has 0 rings (SSSR count). The zero-order valence-corrected chi connectivity index (χ0v) is 6.72. The van der Waals surface area contributed by atoms with Crippen LogP contribution in [-0.4, -0.2) is 24.6 Å². The van der Waals surface area contributed by atoms with Gasteiger partial charge in [-0.3, -0.25) is 0 Å². The minimum atomic E-state index is 0. The first kappa shape index (κ1) is 8.31. The van der Waals surface area contributed by atoms with Crippen molar-refractivity contribution in [2.45, 2.75) is 19.1 Å². The molecular weight excluding hydrogens is 118 g/mol. The molecule has 0 aliphatic carbocycles. The van der Waals surface area contributed by atoms with E-state index < -0.39 is 0 Å². The summed E-state index contributed by atoms with van der Waals surface area (Å²) in [5.74, 6) is 1.23. The van der Waals surface area contributed by atoms with Crippen LogP contribution in [0.15, 0.2) is 0 Å². The third-order valence-electron chi connectivity index (χ3n) is 0.803. The molecule has 0 aliphatic heterocycles. The zero-order chi connectivity index (χ0) is 6.41. The van der Waals surface area contributed by atoms with Crippen molar-refractivity contribution in [2.75, 3.05) is 19.3 Å². The highest BCUT2D eigenvalue weighted by Crippen LogP contribution is 2.06. The fourth-order valence-electron chi connectivity index (χ4n) is 0.397. The van der Waals surface area contributed by atoms with E-state index in [-0.39, 0.29) is 1.43 Å². The second kappa shape index (κ2) is 5.45. The Morgan fingerprint density at radius 3 is 2.62 bits per heavy atom. The molecule has 0 fully saturated rings. The van der Waals surface area contributed by atoms with E-state index in [0.717, 1.165) is 11.8 Å². The van der Waals surface area contributed by atoms with E-state index in [2.05, 4.69) is 19.2 Å². The lowest BCUT2D eigenvalue weighted by Gasteiger charge is -2.01. The quantitative estimate of drug-likeness (QED) is 0.588. The van der Waals surface area contributed by atoms with Gasteiger partial charge in [0.1, 0.15) is 0 Å². The van der Waals surface area contributed by atoms with Crippen molar-refractivity contribution in [2.24, 2.45) is 0 Å². The standard InChI is InChI=1S/C6H15NS.H2/c1-6(2)8-5-4-7-3;/h6-7H,4-5H2,1-3H3;1H. The predicted molar refractivity (Wildman–Crippen MR) is 43.6 cm³/mol. The van der Waals surface area contributed by atoms with Gasteiger partial charge in [0.2, 0.25) is 0 Å². The minimum Gasteiger partial charge on any atom is -0.319 e. The molecule has 0 atom stereocenters. The molecule has 0 saturated carbocycles. The summed E-state index contributed by atoms with van der Waals surface area (Å²) in [5, 5.41) is 3.88. The molecule has 0 unspecified atom stereocenters. The van der Waals surface area contributed by atoms with Crippen LogP contribution in [0.3, 0.4) is 0 Å². The highest BCUT2D eigenvalue weighted by Gasteiger charge is 1.90. The molecule has 0 amide bonds. The van der Waals surface area contributed by atoms with Gasteiger partial charge >= 0.3 is 0 Å². The molecule has 0 aromatic rings. The van der Waals surface area contributed by atoms with Crippen LogP contribution >= 0.6 is 11.8 Å². The van der Waals surface area contributed by atoms with E-state index >= 15 is 0 Å². The zero-order valence-electron chi connectivity index (χ0n) is 5.90. The summed E-state index contributed by atoms with van der Waals surface area (Å²) in [4.78, 5) is 0. The molecule has 0 aliphatic rings. The van der Waals surface area contributed by atoms with E-state index in [9.17, 15) is 0 Å². The Kier molecular flexibility index (Phi) is 5.66. The molecule has 0 bridgehead atoms. The maximum Gasteiger partial charge on any atom is 0.00605 e. The summed E-state index contributed by atoms with van der Waals surface area (Å²) in [6, 6.07) is 0. The number of hydrogen-bond donors (Lipinski definition) is 1. The van der Waals surface area contributed by atoms with E-state index in [0.29, 0.717) is 0 Å². The molecule has 0 heterocycles. The van der Waals surface area contributed by atoms with Crippen LogP contribution in [0.25, 0.3) is 0 Å². The number of hydrogen-bond acceptors (Lipinski definition) is 2. The summed E-state index contributed by atoms with van der Waals surface area (Å²) in [7, 11) is 1.99. The highest BCUT2D eigenvalue weighted by molar-refractivity contribution is 7.99. The van der Waals surface area contributed by atoms with Crippen LogP contribution in [0, 0.1) is 0 Å². The van der Waals surface area contributed by atoms with Crippen molar-refractivity contribution < 1.29 is 1.43 Å². The molecule has 0 spiro atoms. The van der Waals surface area contributed by atoms with E-state index in [1.807, 2.05) is 18.8 Å². The van der Waals surface area contributed by atoms with Crippen LogP contribution < -0.4 is 5.32 Å². The fraction of sp³-hybridized carbons (Fsp3) is 1.00. The van der Waals surface area contributed by atoms with Gasteiger partial charge < -0.3 is 5.32 Å². The number of rotatable bonds is 4. The minimum absolute atomic E-state index is 0. The summed E-state index contributed by atoms with van der Waals surface area (Å²) in [6.45, 7) is 5.57. The van der Waals surface area contributed by atoms with Gasteiger partial charge in [-0.1, -0.05) is 13.8 Å². The lowest BCUT2D eigenvalue weighted by atomic mass is 10.6. The maximum atomic E-state index is 3.10. The topological polar surface area (TPSA) is 12.0 Å². The molecule has 0 aromatic heterocycles. The normalized spacial score (nSPS) is 10.5. The predicted octanol–water partition coefficient (Wildman–Crippen LogP) is 1.59. The third kappa shape index (κ3) is 6.31. The van der Waals surface area contributed by atoms with Crippen molar-refractivity contribution >= 4 is 11.8 Å². The summed E-state index contributed by atoms with van der Waals surface area (Å²) < 4.78 is 0. The van der Waals surface area contributed by atoms with Crippen LogP contribution in [0.1, 0.15) is 15.3 Å². The lowest BCUT2D eigenvalue weighted by Crippen LogP contribution is -2.10. The lowest BCUT2D eigenvalue weighted by molar-refractivity contribution is 0.869. The summed E-state index contributed by atoms with van der Waals surface area (Å²) >= 11 is 1.99. The van der Waals surface area contributed by atoms with Crippen molar-refractivity contribution in [3.05, 3.63) is 0 Å². The summed E-state index contributed by atoms with van der Waals surface area (Å²) in [6.07, 6.45) is 0. The Balaban J connectivity index is 0. The molecule has 1 nitrogen and oxygen atoms in total. The van der Waals surface area contributed by atoms with Gasteiger partial charge in [-0.2, -0.15) is 11.8 Å². The number of nitrogens with one attached hydrogen (secondary N) is 1. The molecule has 8 heavy (non-hydrogen) atoms. The Morgan fingerprint density at radius 2 is 2.25 bits per heavy atom. The van der Waals surface area contributed by atoms with Gasteiger partial charge in [-0.25, -0.2) is 0 Å². The average molecular weight is 135 g/mol. The Morgan fingerprint density at radius 1 is 1.62 bits per heavy atom. The largest absolute Gasteiger partial charge is 0.319 e. The molecule has 1 N–H and O–H groups in total. The van der Waals surface area contributed by atoms with Gasteiger partial charge in [0.05, 0.1) is 0 Å². The fourth-order valence-corrected chi connectivity index (χ4v) is 1.19. The van der Waals surface area contributed by atoms with Crippen LogP contribution in [0.2, 0.25) is 0 Å². The van der Waals surface area contributed by atoms with E-state index in [1.165, 1.54) is 5.75 Å². The van der Waals surface area contributed by atoms with Crippen molar-refractivity contribution in [3.63, 3.8) is 0 Å². The second-order valence-corrected chi connectivity index (χ2v) is 3.71. The van der Waals surface area contributed by atoms with E-state index in [1.54, 1.807) is 0 Å². The smallest absolute Gasteiger partial charge is 0.00605 e. The Bertz CT molecular complexity index is 50.3. The molecular formula is C6H17NS. The first-order valence-electron chi connectivity index (χ1n) is 3.03. The second-order valence-electron chi connectivity index (χ2n) is 2.02. The van der Waals surface area contributed by atoms with Gasteiger partial charge in [0, 0.05) is 13.7 Å². The Hall–Kier alpha value is 0.310. The molecule has 52 valence electrons.